The Bertz CT molecular complexity index is 543. The zero-order valence-electron chi connectivity index (χ0n) is 12.1. The van der Waals surface area contributed by atoms with Crippen LogP contribution in [-0.4, -0.2) is 19.2 Å². The third-order valence-electron chi connectivity index (χ3n) is 3.24. The number of benzene rings is 1. The summed E-state index contributed by atoms with van der Waals surface area (Å²) < 4.78 is 10.6. The van der Waals surface area contributed by atoms with Gasteiger partial charge in [0.05, 0.1) is 14.2 Å². The molecule has 0 aliphatic heterocycles. The van der Waals surface area contributed by atoms with Crippen molar-refractivity contribution in [2.75, 3.05) is 14.2 Å². The number of hydrogen-bond donors (Lipinski definition) is 1. The molecule has 1 aromatic heterocycles. The highest BCUT2D eigenvalue weighted by atomic mass is 16.5. The van der Waals surface area contributed by atoms with Crippen LogP contribution in [0.25, 0.3) is 0 Å². The number of ether oxygens (including phenoxy) is 2. The van der Waals surface area contributed by atoms with E-state index in [1.165, 1.54) is 5.56 Å². The number of rotatable bonds is 6. The first-order valence-electron chi connectivity index (χ1n) is 6.59. The molecule has 0 radical (unpaired) electrons. The van der Waals surface area contributed by atoms with Crippen LogP contribution in [0.1, 0.15) is 24.1 Å². The minimum absolute atomic E-state index is 0.218. The largest absolute Gasteiger partial charge is 0.493 e. The minimum Gasteiger partial charge on any atom is -0.493 e. The molecule has 0 aliphatic carbocycles. The first kappa shape index (κ1) is 14.3. The van der Waals surface area contributed by atoms with Crippen LogP contribution in [0.3, 0.4) is 0 Å². The molecule has 0 saturated heterocycles. The highest BCUT2D eigenvalue weighted by Crippen LogP contribution is 2.29. The van der Waals surface area contributed by atoms with E-state index in [2.05, 4.69) is 23.3 Å². The highest BCUT2D eigenvalue weighted by molar-refractivity contribution is 5.43. The standard InChI is InChI=1S/C16H20N2O2/c1-12(18-11-13-5-4-8-17-10-13)14-6-7-15(19-2)16(9-14)20-3/h4-10,12,18H,11H2,1-3H3. The molecule has 20 heavy (non-hydrogen) atoms. The Kier molecular flexibility index (Phi) is 4.96. The zero-order chi connectivity index (χ0) is 14.4. The van der Waals surface area contributed by atoms with Crippen molar-refractivity contribution in [2.24, 2.45) is 0 Å². The molecule has 1 N–H and O–H groups in total. The summed E-state index contributed by atoms with van der Waals surface area (Å²) in [7, 11) is 3.29. The van der Waals surface area contributed by atoms with Gasteiger partial charge in [-0.25, -0.2) is 0 Å². The van der Waals surface area contributed by atoms with Crippen molar-refractivity contribution in [3.63, 3.8) is 0 Å². The summed E-state index contributed by atoms with van der Waals surface area (Å²) in [5, 5.41) is 3.47. The van der Waals surface area contributed by atoms with Gasteiger partial charge in [0, 0.05) is 25.0 Å². The second kappa shape index (κ2) is 6.91. The smallest absolute Gasteiger partial charge is 0.161 e. The van der Waals surface area contributed by atoms with Crippen molar-refractivity contribution >= 4 is 0 Å². The third kappa shape index (κ3) is 3.48. The van der Waals surface area contributed by atoms with Gasteiger partial charge in [-0.2, -0.15) is 0 Å². The summed E-state index contributed by atoms with van der Waals surface area (Å²) in [6.45, 7) is 2.90. The van der Waals surface area contributed by atoms with Crippen LogP contribution in [0, 0.1) is 0 Å². The van der Waals surface area contributed by atoms with Crippen molar-refractivity contribution in [2.45, 2.75) is 19.5 Å². The second-order valence-corrected chi connectivity index (χ2v) is 4.58. The summed E-state index contributed by atoms with van der Waals surface area (Å²) >= 11 is 0. The summed E-state index contributed by atoms with van der Waals surface area (Å²) in [5.74, 6) is 1.50. The summed E-state index contributed by atoms with van der Waals surface area (Å²) in [5.41, 5.74) is 2.33. The number of methoxy groups -OCH3 is 2. The fourth-order valence-corrected chi connectivity index (χ4v) is 2.01. The zero-order valence-corrected chi connectivity index (χ0v) is 12.1. The lowest BCUT2D eigenvalue weighted by Gasteiger charge is -2.16. The maximum Gasteiger partial charge on any atom is 0.161 e. The van der Waals surface area contributed by atoms with Gasteiger partial charge in [-0.05, 0) is 36.2 Å². The second-order valence-electron chi connectivity index (χ2n) is 4.58. The van der Waals surface area contributed by atoms with E-state index in [0.717, 1.165) is 23.6 Å². The van der Waals surface area contributed by atoms with E-state index in [9.17, 15) is 0 Å². The van der Waals surface area contributed by atoms with Crippen molar-refractivity contribution in [3.05, 3.63) is 53.9 Å². The van der Waals surface area contributed by atoms with Crippen molar-refractivity contribution in [1.29, 1.82) is 0 Å². The van der Waals surface area contributed by atoms with Gasteiger partial charge in [0.15, 0.2) is 11.5 Å². The molecule has 0 spiro atoms. The average Bonchev–Trinajstić information content (AvgIpc) is 2.52. The number of pyridine rings is 1. The lowest BCUT2D eigenvalue weighted by molar-refractivity contribution is 0.354. The van der Waals surface area contributed by atoms with E-state index >= 15 is 0 Å². The first-order chi connectivity index (χ1) is 9.74. The number of nitrogens with zero attached hydrogens (tertiary/aromatic N) is 1. The van der Waals surface area contributed by atoms with Crippen LogP contribution in [0.2, 0.25) is 0 Å². The predicted molar refractivity (Wildman–Crippen MR) is 79.0 cm³/mol. The molecule has 2 aromatic rings. The molecule has 2 rings (SSSR count). The van der Waals surface area contributed by atoms with E-state index in [4.69, 9.17) is 9.47 Å². The lowest BCUT2D eigenvalue weighted by atomic mass is 10.1. The average molecular weight is 272 g/mol. The van der Waals surface area contributed by atoms with Gasteiger partial charge in [-0.1, -0.05) is 12.1 Å². The van der Waals surface area contributed by atoms with Crippen LogP contribution >= 0.6 is 0 Å². The van der Waals surface area contributed by atoms with E-state index < -0.39 is 0 Å². The Morgan fingerprint density at radius 3 is 2.60 bits per heavy atom. The van der Waals surface area contributed by atoms with Crippen molar-refractivity contribution in [3.8, 4) is 11.5 Å². The molecule has 1 atom stereocenters. The molecule has 1 aromatic carbocycles. The molecule has 0 aliphatic rings. The van der Waals surface area contributed by atoms with E-state index in [0.29, 0.717) is 0 Å². The molecule has 4 heteroatoms. The van der Waals surface area contributed by atoms with Crippen LogP contribution in [0.4, 0.5) is 0 Å². The summed E-state index contributed by atoms with van der Waals surface area (Å²) in [6.07, 6.45) is 3.65. The van der Waals surface area contributed by atoms with Crippen LogP contribution in [0.15, 0.2) is 42.7 Å². The maximum atomic E-state index is 5.33. The Morgan fingerprint density at radius 1 is 1.15 bits per heavy atom. The molecule has 0 fully saturated rings. The molecule has 106 valence electrons. The van der Waals surface area contributed by atoms with E-state index in [1.54, 1.807) is 20.4 Å². The van der Waals surface area contributed by atoms with Gasteiger partial charge >= 0.3 is 0 Å². The molecular weight excluding hydrogens is 252 g/mol. The molecule has 4 nitrogen and oxygen atoms in total. The number of nitrogens with one attached hydrogen (secondary N) is 1. The Morgan fingerprint density at radius 2 is 1.95 bits per heavy atom. The van der Waals surface area contributed by atoms with Gasteiger partial charge in [0.1, 0.15) is 0 Å². The van der Waals surface area contributed by atoms with Crippen LogP contribution in [-0.2, 0) is 6.54 Å². The van der Waals surface area contributed by atoms with Gasteiger partial charge in [-0.15, -0.1) is 0 Å². The molecule has 0 saturated carbocycles. The van der Waals surface area contributed by atoms with Gasteiger partial charge < -0.3 is 14.8 Å². The molecule has 0 bridgehead atoms. The summed E-state index contributed by atoms with van der Waals surface area (Å²) in [4.78, 5) is 4.11. The van der Waals surface area contributed by atoms with Crippen molar-refractivity contribution < 1.29 is 9.47 Å². The number of hydrogen-bond acceptors (Lipinski definition) is 4. The van der Waals surface area contributed by atoms with Gasteiger partial charge in [0.25, 0.3) is 0 Å². The predicted octanol–water partition coefficient (Wildman–Crippen LogP) is 2.95. The third-order valence-corrected chi connectivity index (χ3v) is 3.24. The molecule has 1 heterocycles. The summed E-state index contributed by atoms with van der Waals surface area (Å²) in [6, 6.07) is 10.2. The normalized spacial score (nSPS) is 11.9. The monoisotopic (exact) mass is 272 g/mol. The van der Waals surface area contributed by atoms with Gasteiger partial charge in [0.2, 0.25) is 0 Å². The van der Waals surface area contributed by atoms with Crippen molar-refractivity contribution in [1.82, 2.24) is 10.3 Å². The molecule has 0 amide bonds. The number of aromatic nitrogens is 1. The quantitative estimate of drug-likeness (QED) is 0.878. The van der Waals surface area contributed by atoms with Crippen LogP contribution < -0.4 is 14.8 Å². The molecular formula is C16H20N2O2. The topological polar surface area (TPSA) is 43.4 Å². The van der Waals surface area contributed by atoms with Gasteiger partial charge in [-0.3, -0.25) is 4.98 Å². The minimum atomic E-state index is 0.218. The Hall–Kier alpha value is -2.07. The Labute approximate surface area is 119 Å². The fourth-order valence-electron chi connectivity index (χ4n) is 2.01. The van der Waals surface area contributed by atoms with E-state index in [1.807, 2.05) is 30.5 Å². The lowest BCUT2D eigenvalue weighted by Crippen LogP contribution is -2.18. The maximum absolute atomic E-state index is 5.33. The SMILES string of the molecule is COc1ccc(C(C)NCc2cccnc2)cc1OC. The van der Waals surface area contributed by atoms with E-state index in [-0.39, 0.29) is 6.04 Å². The fraction of sp³-hybridized carbons (Fsp3) is 0.312. The first-order valence-corrected chi connectivity index (χ1v) is 6.59. The van der Waals surface area contributed by atoms with Crippen LogP contribution in [0.5, 0.6) is 11.5 Å². The molecule has 1 unspecified atom stereocenters. The Balaban J connectivity index is 2.03. The highest BCUT2D eigenvalue weighted by Gasteiger charge is 2.09.